The highest BCUT2D eigenvalue weighted by Crippen LogP contribution is 2.27. The third kappa shape index (κ3) is 8.55. The first kappa shape index (κ1) is 31.1. The summed E-state index contributed by atoms with van der Waals surface area (Å²) in [5, 5.41) is 2.73. The summed E-state index contributed by atoms with van der Waals surface area (Å²) in [4.78, 5) is 55.2. The number of carbonyl (C=O) groups is 4. The Morgan fingerprint density at radius 3 is 2.55 bits per heavy atom. The maximum absolute atomic E-state index is 13.9. The average Bonchev–Trinajstić information content (AvgIpc) is 3.41. The third-order valence-electron chi connectivity index (χ3n) is 7.30. The van der Waals surface area contributed by atoms with Gasteiger partial charge in [0.1, 0.15) is 24.3 Å². The van der Waals surface area contributed by atoms with E-state index in [0.717, 1.165) is 5.56 Å². The number of piperidine rings is 1. The average molecular weight is 557 g/mol. The lowest BCUT2D eigenvalue weighted by molar-refractivity contribution is -0.165. The number of alkyl carbamates (subject to hydrolysis) is 1. The van der Waals surface area contributed by atoms with Gasteiger partial charge in [-0.2, -0.15) is 0 Å². The van der Waals surface area contributed by atoms with Crippen LogP contribution in [0.2, 0.25) is 0 Å². The van der Waals surface area contributed by atoms with Crippen molar-refractivity contribution in [2.45, 2.75) is 89.6 Å². The molecule has 4 atom stereocenters. The number of esters is 1. The van der Waals surface area contributed by atoms with Gasteiger partial charge in [-0.3, -0.25) is 9.59 Å². The van der Waals surface area contributed by atoms with Gasteiger partial charge in [-0.25, -0.2) is 9.59 Å². The molecule has 10 heteroatoms. The number of nitrogens with one attached hydrogen (secondary N) is 1. The molecule has 0 aromatic heterocycles. The number of nitrogens with zero attached hydrogens (tertiary/aromatic N) is 2. The first-order chi connectivity index (χ1) is 19.0. The zero-order valence-corrected chi connectivity index (χ0v) is 24.0. The van der Waals surface area contributed by atoms with E-state index >= 15 is 0 Å². The zero-order valence-electron chi connectivity index (χ0n) is 24.0. The van der Waals surface area contributed by atoms with Gasteiger partial charge in [0.15, 0.2) is 0 Å². The van der Waals surface area contributed by atoms with Crippen LogP contribution in [0.5, 0.6) is 0 Å². The number of carbonyl (C=O) groups excluding carboxylic acids is 4. The SMILES string of the molecule is C=C[C@@H]1CCN([C@@H](CCCCNC(=O)OCc2ccccc2)C(=O)N2CCC[C@H]2C(=O)OC(C)(C)C)C(=O)[C@H]1N. The number of hydrogen-bond donors (Lipinski definition) is 2. The van der Waals surface area contributed by atoms with Crippen molar-refractivity contribution in [2.24, 2.45) is 11.7 Å². The summed E-state index contributed by atoms with van der Waals surface area (Å²) in [5.41, 5.74) is 6.45. The predicted octanol–water partition coefficient (Wildman–Crippen LogP) is 3.15. The van der Waals surface area contributed by atoms with Crippen LogP contribution in [0, 0.1) is 5.92 Å². The summed E-state index contributed by atoms with van der Waals surface area (Å²) in [7, 11) is 0. The van der Waals surface area contributed by atoms with Crippen LogP contribution >= 0.6 is 0 Å². The van der Waals surface area contributed by atoms with Gasteiger partial charge < -0.3 is 30.3 Å². The van der Waals surface area contributed by atoms with E-state index in [9.17, 15) is 19.2 Å². The molecule has 0 aliphatic carbocycles. The molecule has 1 aromatic rings. The third-order valence-corrected chi connectivity index (χ3v) is 7.30. The number of unbranched alkanes of at least 4 members (excludes halogenated alkanes) is 1. The Kier molecular flexibility index (Phi) is 11.1. The van der Waals surface area contributed by atoms with Crippen molar-refractivity contribution >= 4 is 23.9 Å². The smallest absolute Gasteiger partial charge is 0.407 e. The summed E-state index contributed by atoms with van der Waals surface area (Å²) >= 11 is 0. The lowest BCUT2D eigenvalue weighted by Crippen LogP contribution is -2.60. The highest BCUT2D eigenvalue weighted by molar-refractivity contribution is 5.93. The number of hydrogen-bond acceptors (Lipinski definition) is 7. The van der Waals surface area contributed by atoms with E-state index in [-0.39, 0.29) is 24.3 Å². The number of rotatable bonds is 11. The van der Waals surface area contributed by atoms with Crippen molar-refractivity contribution in [3.63, 3.8) is 0 Å². The van der Waals surface area contributed by atoms with Crippen LogP contribution in [0.4, 0.5) is 4.79 Å². The molecule has 0 unspecified atom stereocenters. The van der Waals surface area contributed by atoms with Crippen molar-refractivity contribution in [2.75, 3.05) is 19.6 Å². The minimum absolute atomic E-state index is 0.146. The topological polar surface area (TPSA) is 131 Å². The molecule has 40 heavy (non-hydrogen) atoms. The lowest BCUT2D eigenvalue weighted by Gasteiger charge is -2.41. The second-order valence-electron chi connectivity index (χ2n) is 11.5. The largest absolute Gasteiger partial charge is 0.458 e. The standard InChI is InChI=1S/C30H44N4O6/c1-5-22-16-19-34(27(36)25(22)31)23(26(35)33-18-11-15-24(33)28(37)40-30(2,3)4)14-9-10-17-32-29(38)39-20-21-12-7-6-8-13-21/h5-8,12-13,22-25H,1,9-11,14-20,31H2,2-4H3,(H,32,38)/t22-,23+,24+,25+/m1/s1. The van der Waals surface area contributed by atoms with Crippen molar-refractivity contribution in [3.05, 3.63) is 48.6 Å². The molecule has 0 bridgehead atoms. The van der Waals surface area contributed by atoms with E-state index in [2.05, 4.69) is 11.9 Å². The molecule has 0 spiro atoms. The first-order valence-corrected chi connectivity index (χ1v) is 14.2. The predicted molar refractivity (Wildman–Crippen MR) is 151 cm³/mol. The number of amides is 3. The fraction of sp³-hybridized carbons (Fsp3) is 0.600. The summed E-state index contributed by atoms with van der Waals surface area (Å²) in [6, 6.07) is 7.22. The molecule has 10 nitrogen and oxygen atoms in total. The van der Waals surface area contributed by atoms with E-state index in [1.54, 1.807) is 36.6 Å². The van der Waals surface area contributed by atoms with Gasteiger partial charge in [-0.05, 0) is 64.9 Å². The van der Waals surface area contributed by atoms with Crippen LogP contribution in [0.15, 0.2) is 43.0 Å². The molecule has 0 saturated carbocycles. The summed E-state index contributed by atoms with van der Waals surface area (Å²) in [6.45, 7) is 10.5. The Morgan fingerprint density at radius 1 is 1.15 bits per heavy atom. The fourth-order valence-electron chi connectivity index (χ4n) is 5.20. The maximum atomic E-state index is 13.9. The van der Waals surface area contributed by atoms with Crippen molar-refractivity contribution in [1.29, 1.82) is 0 Å². The van der Waals surface area contributed by atoms with E-state index in [4.69, 9.17) is 15.2 Å². The number of benzene rings is 1. The molecule has 2 fully saturated rings. The van der Waals surface area contributed by atoms with Gasteiger partial charge in [0.25, 0.3) is 0 Å². The minimum Gasteiger partial charge on any atom is -0.458 e. The van der Waals surface area contributed by atoms with Crippen LogP contribution in [-0.2, 0) is 30.5 Å². The van der Waals surface area contributed by atoms with Crippen molar-refractivity contribution in [1.82, 2.24) is 15.1 Å². The summed E-state index contributed by atoms with van der Waals surface area (Å²) in [6.07, 6.45) is 4.55. The zero-order chi connectivity index (χ0) is 29.3. The Bertz CT molecular complexity index is 1040. The van der Waals surface area contributed by atoms with Crippen LogP contribution < -0.4 is 11.1 Å². The van der Waals surface area contributed by atoms with Gasteiger partial charge in [0.05, 0.1) is 6.04 Å². The molecule has 3 rings (SSSR count). The molecule has 2 heterocycles. The number of nitrogens with two attached hydrogens (primary N) is 1. The van der Waals surface area contributed by atoms with Gasteiger partial charge in [0, 0.05) is 25.6 Å². The molecular weight excluding hydrogens is 512 g/mol. The highest BCUT2D eigenvalue weighted by Gasteiger charge is 2.44. The second-order valence-corrected chi connectivity index (χ2v) is 11.5. The molecule has 220 valence electrons. The Balaban J connectivity index is 1.61. The molecule has 0 radical (unpaired) electrons. The van der Waals surface area contributed by atoms with Crippen molar-refractivity contribution < 1.29 is 28.7 Å². The van der Waals surface area contributed by atoms with E-state index in [0.29, 0.717) is 58.2 Å². The number of ether oxygens (including phenoxy) is 2. The highest BCUT2D eigenvalue weighted by atomic mass is 16.6. The van der Waals surface area contributed by atoms with Crippen molar-refractivity contribution in [3.8, 4) is 0 Å². The van der Waals surface area contributed by atoms with Crippen LogP contribution in [0.1, 0.15) is 64.9 Å². The molecule has 1 aromatic carbocycles. The fourth-order valence-corrected chi connectivity index (χ4v) is 5.20. The molecule has 3 N–H and O–H groups in total. The van der Waals surface area contributed by atoms with Gasteiger partial charge in [-0.15, -0.1) is 6.58 Å². The molecule has 2 aliphatic rings. The minimum atomic E-state index is -0.761. The van der Waals surface area contributed by atoms with E-state index < -0.39 is 35.8 Å². The maximum Gasteiger partial charge on any atom is 0.407 e. The lowest BCUT2D eigenvalue weighted by atomic mass is 9.90. The molecule has 2 saturated heterocycles. The Hall–Kier alpha value is -3.40. The van der Waals surface area contributed by atoms with Gasteiger partial charge in [0.2, 0.25) is 11.8 Å². The van der Waals surface area contributed by atoms with E-state index in [1.807, 2.05) is 30.3 Å². The first-order valence-electron chi connectivity index (χ1n) is 14.2. The summed E-state index contributed by atoms with van der Waals surface area (Å²) < 4.78 is 10.8. The summed E-state index contributed by atoms with van der Waals surface area (Å²) in [5.74, 6) is -1.12. The van der Waals surface area contributed by atoms with Crippen LogP contribution in [0.3, 0.4) is 0 Å². The van der Waals surface area contributed by atoms with Gasteiger partial charge in [-0.1, -0.05) is 36.4 Å². The van der Waals surface area contributed by atoms with E-state index in [1.165, 1.54) is 0 Å². The second kappa shape index (κ2) is 14.3. The number of likely N-dealkylation sites (tertiary alicyclic amines) is 2. The van der Waals surface area contributed by atoms with Crippen LogP contribution in [0.25, 0.3) is 0 Å². The molecule has 2 aliphatic heterocycles. The molecular formula is C30H44N4O6. The monoisotopic (exact) mass is 556 g/mol. The Morgan fingerprint density at radius 2 is 1.88 bits per heavy atom. The quantitative estimate of drug-likeness (QED) is 0.243. The van der Waals surface area contributed by atoms with Crippen LogP contribution in [-0.4, -0.2) is 77.0 Å². The molecule has 3 amide bonds. The Labute approximate surface area is 237 Å². The normalized spacial score (nSPS) is 22.0. The van der Waals surface area contributed by atoms with Gasteiger partial charge >= 0.3 is 12.1 Å².